The van der Waals surface area contributed by atoms with Crippen LogP contribution in [0.5, 0.6) is 0 Å². The molecule has 11 rings (SSSR count). The SMILES string of the molecule is CCC(CC)[C@H]1CCCN1C.CN1CCC([C@H]2CCCN2C)CC1.CN1CCC[C@@H]1C1CCC(C(=O)O)CC1.CN1CCC[C@@H]1C1CCC(CC(=O)O)CC1.CN1CCC[C@@H]1C1CCCCC1.CN1CCC[C@@H]1C1CCOCC1. The van der Waals surface area contributed by atoms with Crippen molar-refractivity contribution in [1.82, 2.24) is 34.3 Å². The number of hydrogen-bond acceptors (Lipinski definition) is 10. The fraction of sp³-hybridized carbons (Fsp3) is 0.970. The molecule has 3 aliphatic carbocycles. The zero-order valence-corrected chi connectivity index (χ0v) is 53.0. The molecule has 0 bridgehead atoms. The van der Waals surface area contributed by atoms with E-state index in [2.05, 4.69) is 97.5 Å². The summed E-state index contributed by atoms with van der Waals surface area (Å²) in [7, 11) is 15.8. The zero-order valence-electron chi connectivity index (χ0n) is 53.0. The van der Waals surface area contributed by atoms with E-state index in [1.165, 1.54) is 213 Å². The fourth-order valence-corrected chi connectivity index (χ4v) is 17.8. The van der Waals surface area contributed by atoms with Crippen molar-refractivity contribution in [2.45, 2.75) is 256 Å². The third-order valence-electron chi connectivity index (χ3n) is 22.9. The number of nitrogens with zero attached hydrogens (tertiary/aromatic N) is 7. The van der Waals surface area contributed by atoms with Crippen molar-refractivity contribution in [2.24, 2.45) is 47.3 Å². The van der Waals surface area contributed by atoms with Crippen LogP contribution in [-0.4, -0.2) is 208 Å². The summed E-state index contributed by atoms with van der Waals surface area (Å²) < 4.78 is 5.38. The zero-order chi connectivity index (χ0) is 56.7. The molecule has 0 radical (unpaired) electrons. The molecule has 2 N–H and O–H groups in total. The van der Waals surface area contributed by atoms with Crippen LogP contribution in [-0.2, 0) is 14.3 Å². The Morgan fingerprint density at radius 3 is 1.09 bits per heavy atom. The molecule has 12 nitrogen and oxygen atoms in total. The summed E-state index contributed by atoms with van der Waals surface area (Å²) in [6.07, 6.45) is 41.6. The second-order valence-corrected chi connectivity index (χ2v) is 28.0. The number of hydrogen-bond donors (Lipinski definition) is 2. The average Bonchev–Trinajstić information content (AvgIpc) is 4.36. The second-order valence-electron chi connectivity index (χ2n) is 28.0. The molecule has 460 valence electrons. The van der Waals surface area contributed by atoms with Gasteiger partial charge in [-0.05, 0) is 310 Å². The van der Waals surface area contributed by atoms with Crippen LogP contribution in [0.25, 0.3) is 0 Å². The largest absolute Gasteiger partial charge is 0.481 e. The van der Waals surface area contributed by atoms with Gasteiger partial charge in [-0.15, -0.1) is 0 Å². The van der Waals surface area contributed by atoms with Crippen LogP contribution in [0.3, 0.4) is 0 Å². The van der Waals surface area contributed by atoms with Crippen LogP contribution in [0.15, 0.2) is 0 Å². The molecule has 6 atom stereocenters. The molecule has 11 fully saturated rings. The lowest BCUT2D eigenvalue weighted by Gasteiger charge is -2.35. The first-order chi connectivity index (χ1) is 38.2. The predicted molar refractivity (Wildman–Crippen MR) is 329 cm³/mol. The fourth-order valence-electron chi connectivity index (χ4n) is 17.8. The molecular weight excluding hydrogens is 983 g/mol. The van der Waals surface area contributed by atoms with E-state index >= 15 is 0 Å². The first kappa shape index (κ1) is 66.8. The van der Waals surface area contributed by atoms with E-state index in [4.69, 9.17) is 14.9 Å². The lowest BCUT2D eigenvalue weighted by molar-refractivity contribution is -0.143. The number of carboxylic acid groups (broad SMARTS) is 2. The quantitative estimate of drug-likeness (QED) is 0.206. The maximum Gasteiger partial charge on any atom is 0.306 e. The Labute approximate surface area is 486 Å². The van der Waals surface area contributed by atoms with E-state index in [1.807, 2.05) is 0 Å². The summed E-state index contributed by atoms with van der Waals surface area (Å²) in [6, 6.07) is 5.14. The molecule has 11 aliphatic rings. The van der Waals surface area contributed by atoms with Crippen molar-refractivity contribution < 1.29 is 24.5 Å². The molecule has 0 aromatic carbocycles. The van der Waals surface area contributed by atoms with Gasteiger partial charge in [-0.2, -0.15) is 0 Å². The second kappa shape index (κ2) is 35.8. The predicted octanol–water partition coefficient (Wildman–Crippen LogP) is 12.4. The lowest BCUT2D eigenvalue weighted by Crippen LogP contribution is -2.40. The molecule has 3 saturated carbocycles. The van der Waals surface area contributed by atoms with Crippen LogP contribution >= 0.6 is 0 Å². The molecule has 12 heteroatoms. The summed E-state index contributed by atoms with van der Waals surface area (Å²) in [5.41, 5.74) is 0. The van der Waals surface area contributed by atoms with Gasteiger partial charge in [0.05, 0.1) is 5.92 Å². The highest BCUT2D eigenvalue weighted by Gasteiger charge is 2.37. The number of ether oxygens (including phenoxy) is 1. The number of piperidine rings is 1. The molecule has 0 aromatic heterocycles. The minimum atomic E-state index is -0.624. The van der Waals surface area contributed by atoms with Gasteiger partial charge in [0.15, 0.2) is 0 Å². The molecule has 0 spiro atoms. The molecule has 0 aromatic rings. The maximum absolute atomic E-state index is 10.8. The number of likely N-dealkylation sites (tertiary alicyclic amines) is 7. The van der Waals surface area contributed by atoms with Crippen LogP contribution in [0, 0.1) is 47.3 Å². The Balaban J connectivity index is 0.000000154. The van der Waals surface area contributed by atoms with Crippen LogP contribution in [0.4, 0.5) is 0 Å². The van der Waals surface area contributed by atoms with Gasteiger partial charge in [0.25, 0.3) is 0 Å². The smallest absolute Gasteiger partial charge is 0.306 e. The molecular formula is C67H127N7O5. The van der Waals surface area contributed by atoms with Crippen molar-refractivity contribution >= 4 is 11.9 Å². The lowest BCUT2D eigenvalue weighted by atomic mass is 9.77. The van der Waals surface area contributed by atoms with Gasteiger partial charge in [0, 0.05) is 55.9 Å². The van der Waals surface area contributed by atoms with Crippen LogP contribution in [0.1, 0.15) is 219 Å². The van der Waals surface area contributed by atoms with Crippen molar-refractivity contribution in [3.8, 4) is 0 Å². The normalized spacial score (nSPS) is 34.4. The molecule has 8 aliphatic heterocycles. The Bertz CT molecular complexity index is 1600. The van der Waals surface area contributed by atoms with Gasteiger partial charge in [-0.1, -0.05) is 46.0 Å². The first-order valence-corrected chi connectivity index (χ1v) is 34.1. The van der Waals surface area contributed by atoms with Gasteiger partial charge in [-0.25, -0.2) is 0 Å². The number of rotatable bonds is 11. The van der Waals surface area contributed by atoms with E-state index < -0.39 is 11.9 Å². The standard InChI is InChI=1S/C13H23NO2.C12H21NO2.C11H22N2.C11H21N.C10H19NO.C10H21N/c1-14-8-2-3-12(14)11-6-4-10(5-7-11)9-13(15)16;1-13-8-2-3-11(13)9-4-6-10(7-5-9)12(14)15;1-12-8-5-10(6-9-12)11-4-3-7-13(11)2;1-12-9-5-8-11(12)10-6-3-2-4-7-10;1-11-6-2-3-10(11)9-4-7-12-8-5-9;1-4-9(5-2)10-7-6-8-11(10)3/h10-12H,2-9H2,1H3,(H,15,16);9-11H,2-8H2,1H3,(H,14,15);10-11H,3-9H2,1-2H3;10-11H,2-9H2,1H3;9-10H,2-8H2,1H3;9-10H,4-8H2,1-3H3/t10?,11?,12-;9?,10?,11-;2*11-;2*10-/m111111/s1. The molecule has 79 heavy (non-hydrogen) atoms. The Morgan fingerprint density at radius 2 is 0.747 bits per heavy atom. The summed E-state index contributed by atoms with van der Waals surface area (Å²) in [5, 5.41) is 17.7. The number of carboxylic acids is 2. The first-order valence-electron chi connectivity index (χ1n) is 34.1. The Morgan fingerprint density at radius 1 is 0.392 bits per heavy atom. The summed E-state index contributed by atoms with van der Waals surface area (Å²) in [6.45, 7) is 17.0. The van der Waals surface area contributed by atoms with E-state index in [1.54, 1.807) is 0 Å². The van der Waals surface area contributed by atoms with Crippen LogP contribution < -0.4 is 0 Å². The van der Waals surface area contributed by atoms with Gasteiger partial charge >= 0.3 is 11.9 Å². The summed E-state index contributed by atoms with van der Waals surface area (Å²) >= 11 is 0. The van der Waals surface area contributed by atoms with Crippen molar-refractivity contribution in [1.29, 1.82) is 0 Å². The van der Waals surface area contributed by atoms with Crippen molar-refractivity contribution in [3.05, 3.63) is 0 Å². The number of aliphatic carboxylic acids is 2. The summed E-state index contributed by atoms with van der Waals surface area (Å²) in [5.74, 6) is 4.66. The summed E-state index contributed by atoms with van der Waals surface area (Å²) in [4.78, 5) is 39.2. The molecule has 8 saturated heterocycles. The third kappa shape index (κ3) is 21.6. The van der Waals surface area contributed by atoms with Gasteiger partial charge < -0.3 is 49.2 Å². The van der Waals surface area contributed by atoms with E-state index in [9.17, 15) is 9.59 Å². The molecule has 0 unspecified atom stereocenters. The monoisotopic (exact) mass is 1110 g/mol. The third-order valence-corrected chi connectivity index (χ3v) is 22.9. The highest BCUT2D eigenvalue weighted by atomic mass is 16.5. The van der Waals surface area contributed by atoms with E-state index in [0.29, 0.717) is 12.3 Å². The number of carbonyl (C=O) groups is 2. The van der Waals surface area contributed by atoms with Crippen molar-refractivity contribution in [3.63, 3.8) is 0 Å². The average molecular weight is 1110 g/mol. The topological polar surface area (TPSA) is 107 Å². The maximum atomic E-state index is 10.8. The van der Waals surface area contributed by atoms with E-state index in [-0.39, 0.29) is 5.92 Å². The Hall–Kier alpha value is -1.38. The minimum absolute atomic E-state index is 0.0621. The Kier molecular flexibility index (Phi) is 30.3. The highest BCUT2D eigenvalue weighted by Crippen LogP contribution is 2.39. The van der Waals surface area contributed by atoms with Crippen molar-refractivity contribution in [2.75, 3.05) is 115 Å². The van der Waals surface area contributed by atoms with E-state index in [0.717, 1.165) is 123 Å². The van der Waals surface area contributed by atoms with Crippen LogP contribution in [0.2, 0.25) is 0 Å². The molecule has 8 heterocycles. The van der Waals surface area contributed by atoms with Gasteiger partial charge in [0.2, 0.25) is 0 Å². The van der Waals surface area contributed by atoms with Gasteiger partial charge in [0.1, 0.15) is 0 Å². The highest BCUT2D eigenvalue weighted by molar-refractivity contribution is 5.70. The molecule has 0 amide bonds. The minimum Gasteiger partial charge on any atom is -0.481 e. The van der Waals surface area contributed by atoms with Gasteiger partial charge in [-0.3, -0.25) is 9.59 Å².